The molecule has 1 unspecified atom stereocenters. The van der Waals surface area contributed by atoms with Crippen molar-refractivity contribution in [1.82, 2.24) is 15.1 Å². The van der Waals surface area contributed by atoms with Gasteiger partial charge in [-0.05, 0) is 33.6 Å². The molecular formula is C12H19N3O2. The van der Waals surface area contributed by atoms with Crippen molar-refractivity contribution in [3.63, 3.8) is 0 Å². The first-order valence-electron chi connectivity index (χ1n) is 6.07. The Hall–Kier alpha value is -1.52. The van der Waals surface area contributed by atoms with Crippen LogP contribution in [-0.4, -0.2) is 27.8 Å². The highest BCUT2D eigenvalue weighted by Crippen LogP contribution is 2.19. The van der Waals surface area contributed by atoms with Gasteiger partial charge in [0, 0.05) is 12.1 Å². The van der Waals surface area contributed by atoms with Crippen molar-refractivity contribution >= 4 is 5.91 Å². The number of carbonyl (C=O) groups excluding carboxylic acids is 1. The molecule has 1 amide bonds. The number of ether oxygens (including phenoxy) is 1. The predicted molar refractivity (Wildman–Crippen MR) is 63.9 cm³/mol. The number of hydrogen-bond acceptors (Lipinski definition) is 3. The quantitative estimate of drug-likeness (QED) is 0.844. The van der Waals surface area contributed by atoms with Crippen LogP contribution in [0.1, 0.15) is 39.7 Å². The van der Waals surface area contributed by atoms with Crippen LogP contribution in [0.4, 0.5) is 0 Å². The molecule has 1 N–H and O–H groups in total. The second-order valence-electron chi connectivity index (χ2n) is 4.79. The SMILES string of the molecule is CC(Oc1cnn(C(C)C)c1)C(=O)NC1CC1. The lowest BCUT2D eigenvalue weighted by molar-refractivity contribution is -0.127. The predicted octanol–water partition coefficient (Wildman–Crippen LogP) is 1.51. The van der Waals surface area contributed by atoms with Crippen LogP contribution in [0.2, 0.25) is 0 Å². The van der Waals surface area contributed by atoms with Gasteiger partial charge in [-0.3, -0.25) is 9.48 Å². The first-order chi connectivity index (χ1) is 8.06. The standard InChI is InChI=1S/C12H19N3O2/c1-8(2)15-7-11(6-13-15)17-9(3)12(16)14-10-4-5-10/h6-10H,4-5H2,1-3H3,(H,14,16). The van der Waals surface area contributed by atoms with Crippen molar-refractivity contribution in [2.75, 3.05) is 0 Å². The third-order valence-corrected chi connectivity index (χ3v) is 2.71. The zero-order valence-corrected chi connectivity index (χ0v) is 10.5. The fraction of sp³-hybridized carbons (Fsp3) is 0.667. The molecule has 1 aliphatic carbocycles. The molecule has 5 nitrogen and oxygen atoms in total. The number of carbonyl (C=O) groups is 1. The highest BCUT2D eigenvalue weighted by atomic mass is 16.5. The van der Waals surface area contributed by atoms with E-state index in [4.69, 9.17) is 4.74 Å². The summed E-state index contributed by atoms with van der Waals surface area (Å²) in [6, 6.07) is 0.662. The van der Waals surface area contributed by atoms with E-state index < -0.39 is 6.10 Å². The first kappa shape index (κ1) is 12.0. The van der Waals surface area contributed by atoms with Crippen LogP contribution in [0.25, 0.3) is 0 Å². The molecule has 17 heavy (non-hydrogen) atoms. The summed E-state index contributed by atoms with van der Waals surface area (Å²) in [7, 11) is 0. The van der Waals surface area contributed by atoms with E-state index in [-0.39, 0.29) is 5.91 Å². The second kappa shape index (κ2) is 4.77. The van der Waals surface area contributed by atoms with Crippen LogP contribution >= 0.6 is 0 Å². The lowest BCUT2D eigenvalue weighted by Crippen LogP contribution is -2.37. The third-order valence-electron chi connectivity index (χ3n) is 2.71. The number of nitrogens with one attached hydrogen (secondary N) is 1. The van der Waals surface area contributed by atoms with E-state index in [0.717, 1.165) is 12.8 Å². The number of amides is 1. The molecule has 0 aliphatic heterocycles. The van der Waals surface area contributed by atoms with Gasteiger partial charge in [0.2, 0.25) is 0 Å². The largest absolute Gasteiger partial charge is 0.478 e. The minimum absolute atomic E-state index is 0.0511. The average Bonchev–Trinajstić information content (AvgIpc) is 2.94. The molecule has 0 radical (unpaired) electrons. The van der Waals surface area contributed by atoms with E-state index in [1.165, 1.54) is 0 Å². The molecule has 1 fully saturated rings. The monoisotopic (exact) mass is 237 g/mol. The molecule has 0 bridgehead atoms. The number of aromatic nitrogens is 2. The van der Waals surface area contributed by atoms with E-state index in [2.05, 4.69) is 10.4 Å². The summed E-state index contributed by atoms with van der Waals surface area (Å²) in [4.78, 5) is 11.7. The summed E-state index contributed by atoms with van der Waals surface area (Å²) in [5.41, 5.74) is 0. The Bertz CT molecular complexity index is 396. The maximum Gasteiger partial charge on any atom is 0.260 e. The van der Waals surface area contributed by atoms with Crippen LogP contribution in [0.5, 0.6) is 5.75 Å². The Labute approximate surface area is 101 Å². The van der Waals surface area contributed by atoms with Gasteiger partial charge in [0.1, 0.15) is 0 Å². The molecule has 0 saturated heterocycles. The Balaban J connectivity index is 1.87. The normalized spacial score (nSPS) is 16.9. The topological polar surface area (TPSA) is 56.2 Å². The molecule has 1 aromatic heterocycles. The van der Waals surface area contributed by atoms with Crippen LogP contribution in [0, 0.1) is 0 Å². The Morgan fingerprint density at radius 2 is 2.24 bits per heavy atom. The Kier molecular flexibility index (Phi) is 3.36. The summed E-state index contributed by atoms with van der Waals surface area (Å²) in [5.74, 6) is 0.585. The third kappa shape index (κ3) is 3.22. The lowest BCUT2D eigenvalue weighted by atomic mass is 10.3. The molecule has 1 atom stereocenters. The molecule has 1 aromatic rings. The van der Waals surface area contributed by atoms with E-state index in [1.54, 1.807) is 17.8 Å². The lowest BCUT2D eigenvalue weighted by Gasteiger charge is -2.12. The molecule has 1 aliphatic rings. The molecule has 1 saturated carbocycles. The van der Waals surface area contributed by atoms with Gasteiger partial charge in [0.15, 0.2) is 11.9 Å². The maximum atomic E-state index is 11.7. The number of nitrogens with zero attached hydrogens (tertiary/aromatic N) is 2. The van der Waals surface area contributed by atoms with Crippen LogP contribution in [-0.2, 0) is 4.79 Å². The molecular weight excluding hydrogens is 218 g/mol. The van der Waals surface area contributed by atoms with Gasteiger partial charge in [0.05, 0.1) is 12.4 Å². The van der Waals surface area contributed by atoms with E-state index >= 15 is 0 Å². The smallest absolute Gasteiger partial charge is 0.260 e. The van der Waals surface area contributed by atoms with Crippen molar-refractivity contribution in [2.45, 2.75) is 51.8 Å². The van der Waals surface area contributed by atoms with Crippen molar-refractivity contribution in [2.24, 2.45) is 0 Å². The second-order valence-corrected chi connectivity index (χ2v) is 4.79. The fourth-order valence-corrected chi connectivity index (χ4v) is 1.47. The van der Waals surface area contributed by atoms with Crippen LogP contribution < -0.4 is 10.1 Å². The van der Waals surface area contributed by atoms with E-state index in [1.807, 2.05) is 20.0 Å². The highest BCUT2D eigenvalue weighted by Gasteiger charge is 2.26. The molecule has 2 rings (SSSR count). The highest BCUT2D eigenvalue weighted by molar-refractivity contribution is 5.81. The molecule has 1 heterocycles. The Morgan fingerprint density at radius 1 is 1.53 bits per heavy atom. The molecule has 0 spiro atoms. The van der Waals surface area contributed by atoms with Crippen LogP contribution in [0.15, 0.2) is 12.4 Å². The Morgan fingerprint density at radius 3 is 2.76 bits per heavy atom. The van der Waals surface area contributed by atoms with Gasteiger partial charge < -0.3 is 10.1 Å². The van der Waals surface area contributed by atoms with Crippen molar-refractivity contribution < 1.29 is 9.53 Å². The minimum atomic E-state index is -0.472. The molecule has 94 valence electrons. The maximum absolute atomic E-state index is 11.7. The first-order valence-corrected chi connectivity index (χ1v) is 6.07. The zero-order chi connectivity index (χ0) is 12.4. The summed E-state index contributed by atoms with van der Waals surface area (Å²) >= 11 is 0. The van der Waals surface area contributed by atoms with Crippen molar-refractivity contribution in [3.8, 4) is 5.75 Å². The van der Waals surface area contributed by atoms with Gasteiger partial charge in [-0.2, -0.15) is 5.10 Å². The number of rotatable bonds is 5. The van der Waals surface area contributed by atoms with E-state index in [9.17, 15) is 4.79 Å². The molecule has 0 aromatic carbocycles. The molecule has 5 heteroatoms. The van der Waals surface area contributed by atoms with Gasteiger partial charge in [-0.15, -0.1) is 0 Å². The average molecular weight is 237 g/mol. The van der Waals surface area contributed by atoms with E-state index in [0.29, 0.717) is 17.8 Å². The van der Waals surface area contributed by atoms with Gasteiger partial charge >= 0.3 is 0 Å². The summed E-state index contributed by atoms with van der Waals surface area (Å²) in [5, 5.41) is 7.07. The zero-order valence-electron chi connectivity index (χ0n) is 10.5. The summed E-state index contributed by atoms with van der Waals surface area (Å²) in [6.07, 6.45) is 5.15. The van der Waals surface area contributed by atoms with Crippen LogP contribution in [0.3, 0.4) is 0 Å². The van der Waals surface area contributed by atoms with Crippen molar-refractivity contribution in [1.29, 1.82) is 0 Å². The summed E-state index contributed by atoms with van der Waals surface area (Å²) < 4.78 is 7.35. The fourth-order valence-electron chi connectivity index (χ4n) is 1.47. The van der Waals surface area contributed by atoms with Gasteiger partial charge in [0.25, 0.3) is 5.91 Å². The minimum Gasteiger partial charge on any atom is -0.478 e. The van der Waals surface area contributed by atoms with Gasteiger partial charge in [-0.25, -0.2) is 0 Å². The van der Waals surface area contributed by atoms with Crippen molar-refractivity contribution in [3.05, 3.63) is 12.4 Å². The summed E-state index contributed by atoms with van der Waals surface area (Å²) in [6.45, 7) is 5.84. The van der Waals surface area contributed by atoms with Gasteiger partial charge in [-0.1, -0.05) is 0 Å². The number of hydrogen-bond donors (Lipinski definition) is 1.